The third-order valence-corrected chi connectivity index (χ3v) is 5.59. The first kappa shape index (κ1) is 24.3. The summed E-state index contributed by atoms with van der Waals surface area (Å²) in [6, 6.07) is 8.15. The molecule has 33 heavy (non-hydrogen) atoms. The normalized spacial score (nSPS) is 18.4. The number of hydrogen-bond donors (Lipinski definition) is 2. The number of ether oxygens (including phenoxy) is 1. The molecule has 0 atom stereocenters. The van der Waals surface area contributed by atoms with Gasteiger partial charge in [-0.1, -0.05) is 18.2 Å². The highest BCUT2D eigenvalue weighted by Crippen LogP contribution is 2.31. The minimum Gasteiger partial charge on any atom is -0.469 e. The van der Waals surface area contributed by atoms with Crippen molar-refractivity contribution in [3.05, 3.63) is 47.8 Å². The molecule has 2 amide bonds. The van der Waals surface area contributed by atoms with Crippen LogP contribution in [0.1, 0.15) is 41.7 Å². The molecule has 0 aliphatic heterocycles. The molecular formula is C22H25F3N4O4. The van der Waals surface area contributed by atoms with Crippen LogP contribution >= 0.6 is 0 Å². The van der Waals surface area contributed by atoms with Crippen LogP contribution in [0.15, 0.2) is 36.5 Å². The van der Waals surface area contributed by atoms with E-state index in [4.69, 9.17) is 4.74 Å². The van der Waals surface area contributed by atoms with Crippen molar-refractivity contribution in [3.8, 4) is 5.69 Å². The average Bonchev–Trinajstić information content (AvgIpc) is 3.28. The highest BCUT2D eigenvalue weighted by molar-refractivity contribution is 5.95. The van der Waals surface area contributed by atoms with Crippen molar-refractivity contribution < 1.29 is 32.3 Å². The number of nitrogens with zero attached hydrogens (tertiary/aromatic N) is 2. The number of methoxy groups -OCH3 is 1. The molecule has 0 unspecified atom stereocenters. The summed E-state index contributed by atoms with van der Waals surface area (Å²) in [6.45, 7) is 0.0194. The van der Waals surface area contributed by atoms with Crippen molar-refractivity contribution in [2.24, 2.45) is 11.8 Å². The first-order chi connectivity index (χ1) is 15.7. The second-order valence-electron chi connectivity index (χ2n) is 7.79. The van der Waals surface area contributed by atoms with E-state index >= 15 is 0 Å². The summed E-state index contributed by atoms with van der Waals surface area (Å²) in [5, 5.41) is 8.62. The topological polar surface area (TPSA) is 102 Å². The maximum Gasteiger partial charge on any atom is 0.435 e. The Labute approximate surface area is 188 Å². The number of aromatic nitrogens is 2. The summed E-state index contributed by atoms with van der Waals surface area (Å²) in [4.78, 5) is 36.3. The lowest BCUT2D eigenvalue weighted by Gasteiger charge is -2.26. The fourth-order valence-electron chi connectivity index (χ4n) is 3.82. The zero-order valence-electron chi connectivity index (χ0n) is 18.0. The lowest BCUT2D eigenvalue weighted by Crippen LogP contribution is -2.39. The molecule has 1 aromatic heterocycles. The lowest BCUT2D eigenvalue weighted by molar-refractivity contribution is -0.147. The summed E-state index contributed by atoms with van der Waals surface area (Å²) >= 11 is 0. The molecule has 0 spiro atoms. The number of halogens is 3. The predicted octanol–water partition coefficient (Wildman–Crippen LogP) is 2.72. The van der Waals surface area contributed by atoms with E-state index in [0.29, 0.717) is 31.4 Å². The first-order valence-corrected chi connectivity index (χ1v) is 10.6. The van der Waals surface area contributed by atoms with Gasteiger partial charge in [-0.2, -0.15) is 18.3 Å². The Morgan fingerprint density at radius 1 is 1.03 bits per heavy atom. The SMILES string of the molecule is COC(=O)C1CCC(C(=O)NCCNC(=O)c2cn(-c3ccccc3)nc2C(F)(F)F)CC1. The Morgan fingerprint density at radius 2 is 1.64 bits per heavy atom. The minimum absolute atomic E-state index is 0.0457. The van der Waals surface area contributed by atoms with Gasteiger partial charge in [0.2, 0.25) is 5.91 Å². The Balaban J connectivity index is 1.52. The fourth-order valence-corrected chi connectivity index (χ4v) is 3.82. The van der Waals surface area contributed by atoms with Crippen LogP contribution in [-0.2, 0) is 20.5 Å². The number of para-hydroxylation sites is 1. The third-order valence-electron chi connectivity index (χ3n) is 5.59. The molecule has 2 N–H and O–H groups in total. The number of amides is 2. The molecular weight excluding hydrogens is 441 g/mol. The Morgan fingerprint density at radius 3 is 2.24 bits per heavy atom. The van der Waals surface area contributed by atoms with Crippen LogP contribution in [0.25, 0.3) is 5.69 Å². The van der Waals surface area contributed by atoms with E-state index in [1.165, 1.54) is 7.11 Å². The van der Waals surface area contributed by atoms with E-state index in [1.54, 1.807) is 30.3 Å². The van der Waals surface area contributed by atoms with Gasteiger partial charge in [0.1, 0.15) is 0 Å². The number of nitrogens with one attached hydrogen (secondary N) is 2. The van der Waals surface area contributed by atoms with Gasteiger partial charge in [0, 0.05) is 25.2 Å². The van der Waals surface area contributed by atoms with Crippen LogP contribution < -0.4 is 10.6 Å². The van der Waals surface area contributed by atoms with Gasteiger partial charge < -0.3 is 15.4 Å². The van der Waals surface area contributed by atoms with Crippen molar-refractivity contribution in [1.29, 1.82) is 0 Å². The van der Waals surface area contributed by atoms with E-state index in [0.717, 1.165) is 10.9 Å². The van der Waals surface area contributed by atoms with E-state index in [-0.39, 0.29) is 36.8 Å². The van der Waals surface area contributed by atoms with Gasteiger partial charge in [-0.05, 0) is 37.8 Å². The molecule has 8 nitrogen and oxygen atoms in total. The molecule has 178 valence electrons. The number of hydrogen-bond acceptors (Lipinski definition) is 5. The molecule has 0 bridgehead atoms. The van der Waals surface area contributed by atoms with Gasteiger partial charge in [-0.15, -0.1) is 0 Å². The zero-order chi connectivity index (χ0) is 24.0. The highest BCUT2D eigenvalue weighted by atomic mass is 19.4. The lowest BCUT2D eigenvalue weighted by atomic mass is 9.81. The minimum atomic E-state index is -4.80. The number of carbonyl (C=O) groups is 3. The maximum absolute atomic E-state index is 13.4. The monoisotopic (exact) mass is 466 g/mol. The maximum atomic E-state index is 13.4. The smallest absolute Gasteiger partial charge is 0.435 e. The van der Waals surface area contributed by atoms with Gasteiger partial charge in [0.25, 0.3) is 5.91 Å². The van der Waals surface area contributed by atoms with Gasteiger partial charge in [0.05, 0.1) is 24.3 Å². The van der Waals surface area contributed by atoms with Gasteiger partial charge >= 0.3 is 12.1 Å². The van der Waals surface area contributed by atoms with E-state index in [2.05, 4.69) is 15.7 Å². The Hall–Kier alpha value is -3.37. The largest absolute Gasteiger partial charge is 0.469 e. The number of rotatable bonds is 7. The molecule has 3 rings (SSSR count). The Bertz CT molecular complexity index is 983. The van der Waals surface area contributed by atoms with Gasteiger partial charge in [0.15, 0.2) is 5.69 Å². The fraction of sp³-hybridized carbons (Fsp3) is 0.455. The van der Waals surface area contributed by atoms with Crippen molar-refractivity contribution >= 4 is 17.8 Å². The van der Waals surface area contributed by atoms with Crippen molar-refractivity contribution in [3.63, 3.8) is 0 Å². The van der Waals surface area contributed by atoms with Crippen molar-refractivity contribution in [2.75, 3.05) is 20.2 Å². The first-order valence-electron chi connectivity index (χ1n) is 10.6. The average molecular weight is 466 g/mol. The second-order valence-corrected chi connectivity index (χ2v) is 7.79. The van der Waals surface area contributed by atoms with E-state index in [9.17, 15) is 27.6 Å². The molecule has 0 saturated heterocycles. The summed E-state index contributed by atoms with van der Waals surface area (Å²) in [5.74, 6) is -1.86. The number of alkyl halides is 3. The van der Waals surface area contributed by atoms with Gasteiger partial charge in [-0.3, -0.25) is 14.4 Å². The number of carbonyl (C=O) groups excluding carboxylic acids is 3. The molecule has 1 aliphatic carbocycles. The summed E-state index contributed by atoms with van der Waals surface area (Å²) in [5.41, 5.74) is -1.50. The molecule has 2 aromatic rings. The van der Waals surface area contributed by atoms with Crippen molar-refractivity contribution in [1.82, 2.24) is 20.4 Å². The van der Waals surface area contributed by atoms with Crippen LogP contribution in [0, 0.1) is 11.8 Å². The third kappa shape index (κ3) is 6.11. The standard InChI is InChI=1S/C22H25F3N4O4/c1-33-21(32)15-9-7-14(8-10-15)19(30)26-11-12-27-20(31)17-13-29(16-5-3-2-4-6-16)28-18(17)22(23,24)25/h2-6,13-15H,7-12H2,1H3,(H,26,30)(H,27,31). The second kappa shape index (κ2) is 10.5. The van der Waals surface area contributed by atoms with Crippen molar-refractivity contribution in [2.45, 2.75) is 31.9 Å². The van der Waals surface area contributed by atoms with Crippen LogP contribution in [0.5, 0.6) is 0 Å². The Kier molecular flexibility index (Phi) is 7.72. The number of esters is 1. The quantitative estimate of drug-likeness (QED) is 0.483. The van der Waals surface area contributed by atoms with Crippen LogP contribution in [0.2, 0.25) is 0 Å². The molecule has 1 saturated carbocycles. The summed E-state index contributed by atoms with van der Waals surface area (Å²) in [7, 11) is 1.33. The molecule has 1 aliphatic rings. The number of benzene rings is 1. The summed E-state index contributed by atoms with van der Waals surface area (Å²) < 4.78 is 45.9. The van der Waals surface area contributed by atoms with Crippen LogP contribution in [-0.4, -0.2) is 47.8 Å². The molecule has 11 heteroatoms. The molecule has 0 radical (unpaired) electrons. The predicted molar refractivity (Wildman–Crippen MR) is 111 cm³/mol. The van der Waals surface area contributed by atoms with Crippen LogP contribution in [0.4, 0.5) is 13.2 Å². The highest BCUT2D eigenvalue weighted by Gasteiger charge is 2.39. The summed E-state index contributed by atoms with van der Waals surface area (Å²) in [6.07, 6.45) is -1.55. The van der Waals surface area contributed by atoms with E-state index < -0.39 is 23.3 Å². The molecule has 1 aromatic carbocycles. The molecule has 1 heterocycles. The zero-order valence-corrected chi connectivity index (χ0v) is 18.0. The molecule has 1 fully saturated rings. The van der Waals surface area contributed by atoms with Crippen LogP contribution in [0.3, 0.4) is 0 Å². The van der Waals surface area contributed by atoms with E-state index in [1.807, 2.05) is 0 Å². The van der Waals surface area contributed by atoms with Gasteiger partial charge in [-0.25, -0.2) is 4.68 Å².